The lowest BCUT2D eigenvalue weighted by Crippen LogP contribution is -2.55. The highest BCUT2D eigenvalue weighted by atomic mass is 32.2. The van der Waals surface area contributed by atoms with Crippen LogP contribution in [0.1, 0.15) is 54.4 Å². The van der Waals surface area contributed by atoms with Crippen molar-refractivity contribution in [3.63, 3.8) is 0 Å². The molecule has 43 heavy (non-hydrogen) atoms. The highest BCUT2D eigenvalue weighted by molar-refractivity contribution is 7.92. The number of methoxy groups -OCH3 is 1. The number of nitrogens with one attached hydrogen (secondary N) is 1. The molecule has 3 aromatic carbocycles. The molecule has 0 radical (unpaired) electrons. The topological polar surface area (TPSA) is 96.0 Å². The minimum absolute atomic E-state index is 0.0546. The third-order valence-electron chi connectivity index (χ3n) is 8.11. The maximum Gasteiger partial charge on any atom is 0.244 e. The van der Waals surface area contributed by atoms with Crippen LogP contribution in [0.25, 0.3) is 0 Å². The average Bonchev–Trinajstić information content (AvgIpc) is 2.99. The number of aryl methyl sites for hydroxylation is 2. The number of hydrogen-bond donors (Lipinski definition) is 1. The molecule has 3 aromatic rings. The van der Waals surface area contributed by atoms with Crippen molar-refractivity contribution in [2.75, 3.05) is 24.2 Å². The molecule has 0 saturated heterocycles. The molecule has 2 amide bonds. The summed E-state index contributed by atoms with van der Waals surface area (Å²) >= 11 is 0. The van der Waals surface area contributed by atoms with E-state index < -0.39 is 28.5 Å². The lowest BCUT2D eigenvalue weighted by molar-refractivity contribution is -0.140. The number of carbonyl (C=O) groups excluding carboxylic acids is 2. The van der Waals surface area contributed by atoms with Gasteiger partial charge in [-0.15, -0.1) is 0 Å². The van der Waals surface area contributed by atoms with Gasteiger partial charge < -0.3 is 15.0 Å². The Hall–Kier alpha value is -3.85. The zero-order chi connectivity index (χ0) is 31.0. The molecule has 1 atom stereocenters. The highest BCUT2D eigenvalue weighted by Crippen LogP contribution is 2.31. The fraction of sp³-hybridized carbons (Fsp3) is 0.412. The highest BCUT2D eigenvalue weighted by Gasteiger charge is 2.35. The Morgan fingerprint density at radius 3 is 2.28 bits per heavy atom. The van der Waals surface area contributed by atoms with Gasteiger partial charge in [-0.25, -0.2) is 8.42 Å². The van der Waals surface area contributed by atoms with Crippen LogP contribution in [0.15, 0.2) is 72.8 Å². The third kappa shape index (κ3) is 8.60. The number of rotatable bonds is 12. The number of amides is 2. The Kier molecular flexibility index (Phi) is 10.9. The van der Waals surface area contributed by atoms with Crippen molar-refractivity contribution in [3.8, 4) is 5.75 Å². The molecular weight excluding hydrogens is 562 g/mol. The predicted molar refractivity (Wildman–Crippen MR) is 171 cm³/mol. The lowest BCUT2D eigenvalue weighted by Gasteiger charge is -2.35. The summed E-state index contributed by atoms with van der Waals surface area (Å²) in [6.45, 7) is 3.49. The van der Waals surface area contributed by atoms with Crippen LogP contribution >= 0.6 is 0 Å². The Labute approximate surface area is 256 Å². The van der Waals surface area contributed by atoms with Gasteiger partial charge in [0.2, 0.25) is 21.8 Å². The van der Waals surface area contributed by atoms with Crippen LogP contribution in [0.4, 0.5) is 5.69 Å². The van der Waals surface area contributed by atoms with Crippen LogP contribution in [-0.4, -0.2) is 57.1 Å². The van der Waals surface area contributed by atoms with Gasteiger partial charge in [0.05, 0.1) is 19.1 Å². The van der Waals surface area contributed by atoms with E-state index in [0.717, 1.165) is 64.9 Å². The van der Waals surface area contributed by atoms with Gasteiger partial charge in [0.15, 0.2) is 0 Å². The average molecular weight is 606 g/mol. The van der Waals surface area contributed by atoms with E-state index in [4.69, 9.17) is 4.74 Å². The van der Waals surface area contributed by atoms with Crippen molar-refractivity contribution in [2.24, 2.45) is 0 Å². The summed E-state index contributed by atoms with van der Waals surface area (Å²) in [6.07, 6.45) is 6.45. The van der Waals surface area contributed by atoms with Gasteiger partial charge in [0, 0.05) is 19.0 Å². The fourth-order valence-electron chi connectivity index (χ4n) is 5.66. The van der Waals surface area contributed by atoms with Gasteiger partial charge in [0.25, 0.3) is 0 Å². The van der Waals surface area contributed by atoms with E-state index >= 15 is 0 Å². The number of anilines is 1. The molecule has 1 fully saturated rings. The van der Waals surface area contributed by atoms with E-state index in [0.29, 0.717) is 12.2 Å². The molecule has 0 spiro atoms. The van der Waals surface area contributed by atoms with Gasteiger partial charge >= 0.3 is 0 Å². The minimum Gasteiger partial charge on any atom is -0.495 e. The molecule has 0 heterocycles. The molecule has 1 N–H and O–H groups in total. The van der Waals surface area contributed by atoms with Crippen LogP contribution < -0.4 is 14.4 Å². The standard InChI is InChI=1S/C34H43N3O5S/c1-25-19-20-32(42-3)30(21-25)37(43(4,40)41)24-33(38)36(23-28-16-12-11-13-26(28)2)31(22-27-14-7-5-8-15-27)34(39)35-29-17-9-6-10-18-29/h5,7-8,11-16,19-21,29,31H,6,9-10,17-18,22-24H2,1-4H3,(H,35,39)/t31-/m1/s1. The largest absolute Gasteiger partial charge is 0.495 e. The van der Waals surface area contributed by atoms with E-state index in [1.807, 2.05) is 74.5 Å². The SMILES string of the molecule is COc1ccc(C)cc1N(CC(=O)N(Cc1ccccc1C)[C@H](Cc1ccccc1)C(=O)NC1CCCCC1)S(C)(=O)=O. The van der Waals surface area contributed by atoms with Gasteiger partial charge in [-0.3, -0.25) is 13.9 Å². The number of carbonyl (C=O) groups is 2. The molecule has 8 nitrogen and oxygen atoms in total. The zero-order valence-corrected chi connectivity index (χ0v) is 26.4. The minimum atomic E-state index is -3.90. The number of benzene rings is 3. The van der Waals surface area contributed by atoms with E-state index in [9.17, 15) is 18.0 Å². The summed E-state index contributed by atoms with van der Waals surface area (Å²) in [5.41, 5.74) is 3.88. The van der Waals surface area contributed by atoms with Crippen LogP contribution in [-0.2, 0) is 32.6 Å². The summed E-state index contributed by atoms with van der Waals surface area (Å²) in [4.78, 5) is 30.0. The smallest absolute Gasteiger partial charge is 0.244 e. The first-order valence-corrected chi connectivity index (χ1v) is 16.7. The number of nitrogens with zero attached hydrogens (tertiary/aromatic N) is 2. The summed E-state index contributed by atoms with van der Waals surface area (Å²) in [5, 5.41) is 3.23. The molecule has 230 valence electrons. The Balaban J connectivity index is 1.76. The normalized spacial score (nSPS) is 14.5. The molecular formula is C34H43N3O5S. The molecule has 0 unspecified atom stereocenters. The number of ether oxygens (including phenoxy) is 1. The maximum absolute atomic E-state index is 14.4. The van der Waals surface area contributed by atoms with E-state index in [1.54, 1.807) is 17.0 Å². The molecule has 0 aliphatic heterocycles. The van der Waals surface area contributed by atoms with E-state index in [1.165, 1.54) is 7.11 Å². The van der Waals surface area contributed by atoms with Crippen LogP contribution in [0.2, 0.25) is 0 Å². The summed E-state index contributed by atoms with van der Waals surface area (Å²) in [6, 6.07) is 21.8. The summed E-state index contributed by atoms with van der Waals surface area (Å²) in [5.74, 6) is -0.362. The lowest BCUT2D eigenvalue weighted by atomic mass is 9.94. The second kappa shape index (κ2) is 14.6. The summed E-state index contributed by atoms with van der Waals surface area (Å²) < 4.78 is 32.9. The Morgan fingerprint density at radius 1 is 0.953 bits per heavy atom. The van der Waals surface area contributed by atoms with Gasteiger partial charge in [-0.1, -0.05) is 79.9 Å². The first-order valence-electron chi connectivity index (χ1n) is 14.9. The second-order valence-electron chi connectivity index (χ2n) is 11.4. The number of sulfonamides is 1. The van der Waals surface area contributed by atoms with Crippen molar-refractivity contribution >= 4 is 27.5 Å². The van der Waals surface area contributed by atoms with Crippen LogP contribution in [0.3, 0.4) is 0 Å². The van der Waals surface area contributed by atoms with E-state index in [2.05, 4.69) is 5.32 Å². The van der Waals surface area contributed by atoms with Crippen molar-refractivity contribution in [1.29, 1.82) is 0 Å². The third-order valence-corrected chi connectivity index (χ3v) is 9.23. The van der Waals surface area contributed by atoms with Crippen molar-refractivity contribution in [1.82, 2.24) is 10.2 Å². The van der Waals surface area contributed by atoms with Crippen molar-refractivity contribution in [2.45, 2.75) is 71.0 Å². The molecule has 1 aliphatic rings. The second-order valence-corrected chi connectivity index (χ2v) is 13.3. The summed E-state index contributed by atoms with van der Waals surface area (Å²) in [7, 11) is -2.43. The monoisotopic (exact) mass is 605 g/mol. The Morgan fingerprint density at radius 2 is 1.63 bits per heavy atom. The zero-order valence-electron chi connectivity index (χ0n) is 25.6. The van der Waals surface area contributed by atoms with E-state index in [-0.39, 0.29) is 24.2 Å². The molecule has 4 rings (SSSR count). The van der Waals surface area contributed by atoms with Gasteiger partial charge in [-0.05, 0) is 61.1 Å². The van der Waals surface area contributed by atoms with Gasteiger partial charge in [-0.2, -0.15) is 0 Å². The van der Waals surface area contributed by atoms with Crippen LogP contribution in [0.5, 0.6) is 5.75 Å². The predicted octanol–water partition coefficient (Wildman–Crippen LogP) is 5.17. The number of hydrogen-bond acceptors (Lipinski definition) is 5. The first kappa shape index (κ1) is 32.1. The first-order chi connectivity index (χ1) is 20.6. The van der Waals surface area contributed by atoms with Crippen molar-refractivity contribution < 1.29 is 22.7 Å². The van der Waals surface area contributed by atoms with Gasteiger partial charge in [0.1, 0.15) is 18.3 Å². The molecule has 1 saturated carbocycles. The molecule has 0 bridgehead atoms. The Bertz CT molecular complexity index is 1500. The quantitative estimate of drug-likeness (QED) is 0.308. The molecule has 0 aromatic heterocycles. The molecule has 9 heteroatoms. The fourth-order valence-corrected chi connectivity index (χ4v) is 6.50. The maximum atomic E-state index is 14.4. The van der Waals surface area contributed by atoms with Crippen molar-refractivity contribution in [3.05, 3.63) is 95.1 Å². The molecule has 1 aliphatic carbocycles. The van der Waals surface area contributed by atoms with Crippen LogP contribution in [0, 0.1) is 13.8 Å².